The number of H-pyrrole nitrogens is 1. The van der Waals surface area contributed by atoms with Crippen LogP contribution < -0.4 is 0 Å². The van der Waals surface area contributed by atoms with Gasteiger partial charge in [0.1, 0.15) is 11.8 Å². The maximum Gasteiger partial charge on any atom is 0.339 e. The molecule has 2 heterocycles. The third kappa shape index (κ3) is 2.55. The number of hydrogen-bond donors (Lipinski definition) is 1. The number of esters is 1. The number of ether oxygens (including phenoxy) is 1. The molecule has 1 aromatic carbocycles. The van der Waals surface area contributed by atoms with E-state index in [1.807, 2.05) is 0 Å². The molecule has 0 bridgehead atoms. The molecule has 0 amide bonds. The number of carbonyl (C=O) groups excluding carboxylic acids is 1. The van der Waals surface area contributed by atoms with Crippen LogP contribution >= 0.6 is 0 Å². The molecule has 1 unspecified atom stereocenters. The van der Waals surface area contributed by atoms with Gasteiger partial charge in [-0.3, -0.25) is 0 Å². The summed E-state index contributed by atoms with van der Waals surface area (Å²) in [7, 11) is 0. The zero-order valence-corrected chi connectivity index (χ0v) is 11.6. The quantitative estimate of drug-likeness (QED) is 0.749. The first kappa shape index (κ1) is 14.2. The maximum atomic E-state index is 13.2. The zero-order valence-electron chi connectivity index (χ0n) is 11.6. The molecular formula is C16H12F2N2O2. The lowest BCUT2D eigenvalue weighted by molar-refractivity contribution is 0.0339. The van der Waals surface area contributed by atoms with Gasteiger partial charge in [-0.05, 0) is 36.8 Å². The number of nitrogens with zero attached hydrogens (tertiary/aromatic N) is 1. The molecule has 0 saturated carbocycles. The summed E-state index contributed by atoms with van der Waals surface area (Å²) in [5, 5.41) is 0.644. The second kappa shape index (κ2) is 5.55. The molecule has 0 aliphatic heterocycles. The smallest absolute Gasteiger partial charge is 0.339 e. The Balaban J connectivity index is 1.84. The van der Waals surface area contributed by atoms with Crippen molar-refractivity contribution >= 4 is 17.0 Å². The van der Waals surface area contributed by atoms with Crippen LogP contribution in [-0.4, -0.2) is 15.9 Å². The van der Waals surface area contributed by atoms with Crippen molar-refractivity contribution in [3.05, 3.63) is 65.5 Å². The van der Waals surface area contributed by atoms with Crippen molar-refractivity contribution in [2.24, 2.45) is 0 Å². The molecular weight excluding hydrogens is 290 g/mol. The van der Waals surface area contributed by atoms with E-state index in [-0.39, 0.29) is 0 Å². The highest BCUT2D eigenvalue weighted by Gasteiger charge is 2.17. The number of pyridine rings is 1. The van der Waals surface area contributed by atoms with Crippen LogP contribution in [0.3, 0.4) is 0 Å². The first-order valence-corrected chi connectivity index (χ1v) is 6.64. The van der Waals surface area contributed by atoms with Crippen LogP contribution in [0.5, 0.6) is 0 Å². The van der Waals surface area contributed by atoms with E-state index in [1.165, 1.54) is 12.3 Å². The molecule has 6 heteroatoms. The fraction of sp³-hybridized carbons (Fsp3) is 0.125. The second-order valence-corrected chi connectivity index (χ2v) is 4.82. The topological polar surface area (TPSA) is 55.0 Å². The Kier molecular flexibility index (Phi) is 3.58. The Morgan fingerprint density at radius 2 is 2.05 bits per heavy atom. The lowest BCUT2D eigenvalue weighted by Crippen LogP contribution is -2.10. The van der Waals surface area contributed by atoms with Crippen molar-refractivity contribution in [1.82, 2.24) is 9.97 Å². The van der Waals surface area contributed by atoms with Gasteiger partial charge in [0.15, 0.2) is 11.6 Å². The second-order valence-electron chi connectivity index (χ2n) is 4.82. The molecule has 0 radical (unpaired) electrons. The number of halogens is 2. The van der Waals surface area contributed by atoms with Gasteiger partial charge < -0.3 is 9.72 Å². The minimum atomic E-state index is -0.975. The molecule has 22 heavy (non-hydrogen) atoms. The van der Waals surface area contributed by atoms with Crippen molar-refractivity contribution in [1.29, 1.82) is 0 Å². The normalized spacial score (nSPS) is 12.3. The third-order valence-electron chi connectivity index (χ3n) is 3.38. The van der Waals surface area contributed by atoms with Crippen LogP contribution in [-0.2, 0) is 4.74 Å². The van der Waals surface area contributed by atoms with Gasteiger partial charge >= 0.3 is 5.97 Å². The van der Waals surface area contributed by atoms with E-state index in [9.17, 15) is 13.6 Å². The summed E-state index contributed by atoms with van der Waals surface area (Å²) in [6.45, 7) is 1.60. The Labute approximate surface area is 124 Å². The van der Waals surface area contributed by atoms with Crippen molar-refractivity contribution < 1.29 is 18.3 Å². The van der Waals surface area contributed by atoms with E-state index < -0.39 is 23.7 Å². The lowest BCUT2D eigenvalue weighted by atomic mass is 10.1. The fourth-order valence-corrected chi connectivity index (χ4v) is 2.20. The van der Waals surface area contributed by atoms with Crippen molar-refractivity contribution in [3.8, 4) is 0 Å². The van der Waals surface area contributed by atoms with Crippen LogP contribution in [0.1, 0.15) is 28.9 Å². The number of rotatable bonds is 3. The molecule has 3 rings (SSSR count). The first-order valence-electron chi connectivity index (χ1n) is 6.64. The Morgan fingerprint density at radius 3 is 2.82 bits per heavy atom. The average molecular weight is 302 g/mol. The van der Waals surface area contributed by atoms with Crippen LogP contribution in [0.4, 0.5) is 8.78 Å². The molecule has 0 spiro atoms. The van der Waals surface area contributed by atoms with E-state index in [2.05, 4.69) is 9.97 Å². The number of aromatic nitrogens is 2. The predicted octanol–water partition coefficient (Wildman–Crippen LogP) is 3.76. The van der Waals surface area contributed by atoms with Crippen molar-refractivity contribution in [2.45, 2.75) is 13.0 Å². The van der Waals surface area contributed by atoms with Gasteiger partial charge in [-0.15, -0.1) is 0 Å². The number of hydrogen-bond acceptors (Lipinski definition) is 3. The van der Waals surface area contributed by atoms with E-state index in [1.54, 1.807) is 25.3 Å². The van der Waals surface area contributed by atoms with Gasteiger partial charge in [0.25, 0.3) is 0 Å². The molecule has 1 atom stereocenters. The van der Waals surface area contributed by atoms with Crippen LogP contribution in [0.2, 0.25) is 0 Å². The highest BCUT2D eigenvalue weighted by atomic mass is 19.2. The lowest BCUT2D eigenvalue weighted by Gasteiger charge is -2.14. The predicted molar refractivity (Wildman–Crippen MR) is 76.3 cm³/mol. The summed E-state index contributed by atoms with van der Waals surface area (Å²) in [6.07, 6.45) is 2.47. The molecule has 0 aliphatic rings. The SMILES string of the molecule is CC(OC(=O)c1ccnc2[nH]ccc12)c1ccc(F)c(F)c1. The third-order valence-corrected chi connectivity index (χ3v) is 3.38. The van der Waals surface area contributed by atoms with E-state index in [0.29, 0.717) is 22.2 Å². The molecule has 0 aliphatic carbocycles. The average Bonchev–Trinajstić information content (AvgIpc) is 2.98. The first-order chi connectivity index (χ1) is 10.6. The fourth-order valence-electron chi connectivity index (χ4n) is 2.20. The minimum Gasteiger partial charge on any atom is -0.454 e. The molecule has 4 nitrogen and oxygen atoms in total. The Hall–Kier alpha value is -2.76. The van der Waals surface area contributed by atoms with Gasteiger partial charge in [-0.2, -0.15) is 0 Å². The van der Waals surface area contributed by atoms with Gasteiger partial charge in [-0.25, -0.2) is 18.6 Å². The number of fused-ring (bicyclic) bond motifs is 1. The number of carbonyl (C=O) groups is 1. The summed E-state index contributed by atoms with van der Waals surface area (Å²) < 4.78 is 31.5. The maximum absolute atomic E-state index is 13.2. The summed E-state index contributed by atoms with van der Waals surface area (Å²) >= 11 is 0. The Bertz CT molecular complexity index is 845. The van der Waals surface area contributed by atoms with E-state index >= 15 is 0 Å². The van der Waals surface area contributed by atoms with E-state index in [4.69, 9.17) is 4.74 Å². The summed E-state index contributed by atoms with van der Waals surface area (Å²) in [5.41, 5.74) is 1.32. The minimum absolute atomic E-state index is 0.362. The van der Waals surface area contributed by atoms with Crippen LogP contribution in [0, 0.1) is 11.6 Å². The van der Waals surface area contributed by atoms with Gasteiger partial charge in [0.05, 0.1) is 5.56 Å². The highest BCUT2D eigenvalue weighted by molar-refractivity contribution is 6.02. The zero-order chi connectivity index (χ0) is 15.7. The molecule has 1 N–H and O–H groups in total. The standard InChI is InChI=1S/C16H12F2N2O2/c1-9(10-2-3-13(17)14(18)8-10)22-16(21)12-5-7-20-15-11(12)4-6-19-15/h2-9H,1H3,(H,19,20). The molecule has 3 aromatic rings. The number of aromatic amines is 1. The van der Waals surface area contributed by atoms with Gasteiger partial charge in [-0.1, -0.05) is 6.07 Å². The summed E-state index contributed by atoms with van der Waals surface area (Å²) in [4.78, 5) is 19.3. The Morgan fingerprint density at radius 1 is 1.23 bits per heavy atom. The largest absolute Gasteiger partial charge is 0.454 e. The van der Waals surface area contributed by atoms with Crippen LogP contribution in [0.15, 0.2) is 42.7 Å². The van der Waals surface area contributed by atoms with Crippen LogP contribution in [0.25, 0.3) is 11.0 Å². The molecule has 0 saturated heterocycles. The number of benzene rings is 1. The molecule has 2 aromatic heterocycles. The van der Waals surface area contributed by atoms with E-state index in [0.717, 1.165) is 12.1 Å². The summed E-state index contributed by atoms with van der Waals surface area (Å²) in [6, 6.07) is 6.68. The summed E-state index contributed by atoms with van der Waals surface area (Å²) in [5.74, 6) is -2.47. The van der Waals surface area contributed by atoms with Crippen molar-refractivity contribution in [3.63, 3.8) is 0 Å². The number of nitrogens with one attached hydrogen (secondary N) is 1. The molecule has 0 fully saturated rings. The van der Waals surface area contributed by atoms with Gasteiger partial charge in [0.2, 0.25) is 0 Å². The van der Waals surface area contributed by atoms with Gasteiger partial charge in [0, 0.05) is 17.8 Å². The van der Waals surface area contributed by atoms with Crippen molar-refractivity contribution in [2.75, 3.05) is 0 Å². The monoisotopic (exact) mass is 302 g/mol. The highest BCUT2D eigenvalue weighted by Crippen LogP contribution is 2.23. The molecule has 112 valence electrons.